The number of hydrogen-bond acceptors (Lipinski definition) is 1. The monoisotopic (exact) mass is 466 g/mol. The van der Waals surface area contributed by atoms with Crippen molar-refractivity contribution >= 4 is 6.08 Å². The highest BCUT2D eigenvalue weighted by Crippen LogP contribution is 2.40. The molecule has 0 N–H and O–H groups in total. The molecule has 0 radical (unpaired) electrons. The Morgan fingerprint density at radius 2 is 1.41 bits per heavy atom. The van der Waals surface area contributed by atoms with Gasteiger partial charge in [-0.3, -0.25) is 0 Å². The van der Waals surface area contributed by atoms with E-state index in [0.29, 0.717) is 41.1 Å². The van der Waals surface area contributed by atoms with Crippen molar-refractivity contribution < 1.29 is 17.9 Å². The Kier molecular flexibility index (Phi) is 6.96. The van der Waals surface area contributed by atoms with Gasteiger partial charge in [-0.1, -0.05) is 42.5 Å². The van der Waals surface area contributed by atoms with Crippen molar-refractivity contribution in [3.63, 3.8) is 0 Å². The number of rotatable bonds is 6. The molecule has 1 heterocycles. The molecule has 1 saturated heterocycles. The molecule has 2 aromatic carbocycles. The SMILES string of the molecule is C=CC1CCC(c2ccc(/C=C/C3CCC(c4ccc(C5CO5)c(F)c4)CC3)c(F)c2F)CC1. The summed E-state index contributed by atoms with van der Waals surface area (Å²) in [6, 6.07) is 9.06. The van der Waals surface area contributed by atoms with Gasteiger partial charge >= 0.3 is 0 Å². The van der Waals surface area contributed by atoms with Gasteiger partial charge in [-0.05, 0) is 92.2 Å². The predicted octanol–water partition coefficient (Wildman–Crippen LogP) is 8.62. The van der Waals surface area contributed by atoms with Gasteiger partial charge < -0.3 is 4.74 Å². The number of ether oxygens (including phenoxy) is 1. The van der Waals surface area contributed by atoms with Crippen molar-refractivity contribution in [3.05, 3.63) is 88.8 Å². The average molecular weight is 467 g/mol. The quantitative estimate of drug-likeness (QED) is 0.307. The number of halogens is 3. The molecule has 3 fully saturated rings. The third kappa shape index (κ3) is 5.02. The first-order valence-electron chi connectivity index (χ1n) is 12.7. The third-order valence-electron chi connectivity index (χ3n) is 8.18. The van der Waals surface area contributed by atoms with Gasteiger partial charge in [-0.25, -0.2) is 13.2 Å². The standard InChI is InChI=1S/C30H33F3O/c1-2-19-3-10-22(11-4-19)25-15-13-23(29(32)30(25)33)12-7-20-5-8-21(9-6-20)24-14-16-26(27(31)17-24)28-18-34-28/h2,7,12-17,19-22,28H,1,3-6,8-11,18H2/b12-7+. The first-order chi connectivity index (χ1) is 16.5. The molecular weight excluding hydrogens is 433 g/mol. The molecule has 34 heavy (non-hydrogen) atoms. The Bertz CT molecular complexity index is 1050. The van der Waals surface area contributed by atoms with Crippen LogP contribution in [0.3, 0.4) is 0 Å². The minimum absolute atomic E-state index is 0.0681. The summed E-state index contributed by atoms with van der Waals surface area (Å²) in [6.07, 6.45) is 13.3. The fourth-order valence-corrected chi connectivity index (χ4v) is 5.86. The van der Waals surface area contributed by atoms with E-state index in [1.165, 1.54) is 0 Å². The average Bonchev–Trinajstić information content (AvgIpc) is 3.71. The Morgan fingerprint density at radius 1 is 0.765 bits per heavy atom. The molecule has 0 amide bonds. The van der Waals surface area contributed by atoms with Crippen LogP contribution in [-0.4, -0.2) is 6.61 Å². The summed E-state index contributed by atoms with van der Waals surface area (Å²) in [5.74, 6) is -0.323. The minimum atomic E-state index is -0.733. The highest BCUT2D eigenvalue weighted by Gasteiger charge is 2.29. The summed E-state index contributed by atoms with van der Waals surface area (Å²) in [4.78, 5) is 0. The van der Waals surface area contributed by atoms with E-state index in [2.05, 4.69) is 6.58 Å². The van der Waals surface area contributed by atoms with Crippen LogP contribution in [0.5, 0.6) is 0 Å². The minimum Gasteiger partial charge on any atom is -0.368 e. The zero-order valence-corrected chi connectivity index (χ0v) is 19.6. The zero-order valence-electron chi connectivity index (χ0n) is 19.6. The molecule has 5 rings (SSSR count). The van der Waals surface area contributed by atoms with Gasteiger partial charge in [0.15, 0.2) is 11.6 Å². The summed E-state index contributed by atoms with van der Waals surface area (Å²) in [6.45, 7) is 4.47. The molecule has 0 bridgehead atoms. The topological polar surface area (TPSA) is 12.5 Å². The lowest BCUT2D eigenvalue weighted by Crippen LogP contribution is -2.13. The smallest absolute Gasteiger partial charge is 0.166 e. The maximum atomic E-state index is 14.9. The molecule has 180 valence electrons. The molecule has 2 aliphatic carbocycles. The van der Waals surface area contributed by atoms with Gasteiger partial charge in [0.25, 0.3) is 0 Å². The highest BCUT2D eigenvalue weighted by molar-refractivity contribution is 5.52. The van der Waals surface area contributed by atoms with Crippen molar-refractivity contribution in [3.8, 4) is 0 Å². The fraction of sp³-hybridized carbons (Fsp3) is 0.467. The van der Waals surface area contributed by atoms with Crippen LogP contribution in [0.2, 0.25) is 0 Å². The van der Waals surface area contributed by atoms with Crippen LogP contribution in [0.1, 0.15) is 91.6 Å². The highest BCUT2D eigenvalue weighted by atomic mass is 19.2. The molecule has 0 aromatic heterocycles. The summed E-state index contributed by atoms with van der Waals surface area (Å²) >= 11 is 0. The Balaban J connectivity index is 1.18. The lowest BCUT2D eigenvalue weighted by Gasteiger charge is -2.28. The van der Waals surface area contributed by atoms with Crippen LogP contribution in [0.15, 0.2) is 49.1 Å². The van der Waals surface area contributed by atoms with Gasteiger partial charge in [-0.15, -0.1) is 6.58 Å². The van der Waals surface area contributed by atoms with Crippen molar-refractivity contribution in [2.75, 3.05) is 6.61 Å². The molecule has 3 aliphatic rings. The van der Waals surface area contributed by atoms with E-state index in [-0.39, 0.29) is 17.8 Å². The van der Waals surface area contributed by atoms with Crippen molar-refractivity contribution in [1.82, 2.24) is 0 Å². The van der Waals surface area contributed by atoms with Crippen molar-refractivity contribution in [2.24, 2.45) is 11.8 Å². The molecule has 1 nitrogen and oxygen atoms in total. The van der Waals surface area contributed by atoms with E-state index in [9.17, 15) is 13.2 Å². The molecule has 4 heteroatoms. The van der Waals surface area contributed by atoms with E-state index in [4.69, 9.17) is 4.74 Å². The van der Waals surface area contributed by atoms with Crippen LogP contribution in [0.4, 0.5) is 13.2 Å². The number of allylic oxidation sites excluding steroid dienone is 2. The number of hydrogen-bond donors (Lipinski definition) is 0. The lowest BCUT2D eigenvalue weighted by molar-refractivity contribution is 0.364. The second-order valence-electron chi connectivity index (χ2n) is 10.3. The summed E-state index contributed by atoms with van der Waals surface area (Å²) in [5, 5.41) is 0. The van der Waals surface area contributed by atoms with Crippen LogP contribution < -0.4 is 0 Å². The predicted molar refractivity (Wildman–Crippen MR) is 130 cm³/mol. The second-order valence-corrected chi connectivity index (χ2v) is 10.3. The van der Waals surface area contributed by atoms with E-state index >= 15 is 0 Å². The molecule has 2 aromatic rings. The first kappa shape index (κ1) is 23.4. The Labute approximate surface area is 200 Å². The summed E-state index contributed by atoms with van der Waals surface area (Å²) in [5.41, 5.74) is 2.55. The van der Waals surface area contributed by atoms with Gasteiger partial charge in [-0.2, -0.15) is 0 Å². The third-order valence-corrected chi connectivity index (χ3v) is 8.18. The second kappa shape index (κ2) is 10.1. The van der Waals surface area contributed by atoms with Gasteiger partial charge in [0.1, 0.15) is 11.9 Å². The van der Waals surface area contributed by atoms with Crippen molar-refractivity contribution in [2.45, 2.75) is 69.3 Å². The Hall–Kier alpha value is -2.33. The molecule has 2 saturated carbocycles. The number of benzene rings is 2. The normalized spacial score (nSPS) is 29.3. The number of epoxide rings is 1. The van der Waals surface area contributed by atoms with Gasteiger partial charge in [0.2, 0.25) is 0 Å². The van der Waals surface area contributed by atoms with Crippen LogP contribution in [0.25, 0.3) is 6.08 Å². The van der Waals surface area contributed by atoms with Gasteiger partial charge in [0.05, 0.1) is 6.61 Å². The molecule has 1 atom stereocenters. The molecule has 1 unspecified atom stereocenters. The van der Waals surface area contributed by atoms with E-state index < -0.39 is 11.6 Å². The van der Waals surface area contributed by atoms with Crippen LogP contribution in [0, 0.1) is 29.3 Å². The maximum Gasteiger partial charge on any atom is 0.166 e. The van der Waals surface area contributed by atoms with Gasteiger partial charge in [0, 0.05) is 11.1 Å². The molecule has 1 aliphatic heterocycles. The van der Waals surface area contributed by atoms with E-state index in [0.717, 1.165) is 56.9 Å². The van der Waals surface area contributed by atoms with Crippen LogP contribution in [-0.2, 0) is 4.74 Å². The van der Waals surface area contributed by atoms with Crippen LogP contribution >= 0.6 is 0 Å². The maximum absolute atomic E-state index is 14.9. The molecule has 0 spiro atoms. The summed E-state index contributed by atoms with van der Waals surface area (Å²) < 4.78 is 49.3. The van der Waals surface area contributed by atoms with E-state index in [1.807, 2.05) is 24.3 Å². The Morgan fingerprint density at radius 3 is 2.06 bits per heavy atom. The van der Waals surface area contributed by atoms with E-state index in [1.54, 1.807) is 24.3 Å². The first-order valence-corrected chi connectivity index (χ1v) is 12.7. The lowest BCUT2D eigenvalue weighted by atomic mass is 9.78. The fourth-order valence-electron chi connectivity index (χ4n) is 5.86. The summed E-state index contributed by atoms with van der Waals surface area (Å²) in [7, 11) is 0. The zero-order chi connectivity index (χ0) is 23.7. The molecular formula is C30H33F3O. The largest absolute Gasteiger partial charge is 0.368 e. The van der Waals surface area contributed by atoms with Crippen molar-refractivity contribution in [1.29, 1.82) is 0 Å².